The van der Waals surface area contributed by atoms with Crippen LogP contribution in [-0.2, 0) is 0 Å². The minimum Gasteiger partial charge on any atom is -0.456 e. The zero-order chi connectivity index (χ0) is 27.8. The van der Waals surface area contributed by atoms with Crippen molar-refractivity contribution in [3.05, 3.63) is 145 Å². The first-order valence-corrected chi connectivity index (χ1v) is 13.4. The quantitative estimate of drug-likeness (QED) is 0.231. The van der Waals surface area contributed by atoms with Gasteiger partial charge in [-0.1, -0.05) is 97.1 Å². The molecule has 3 nitrogen and oxygen atoms in total. The monoisotopic (exact) mass is 522 g/mol. The third-order valence-electron chi connectivity index (χ3n) is 7.61. The number of rotatable bonds is 4. The lowest BCUT2D eigenvalue weighted by Gasteiger charge is -2.14. The molecule has 41 heavy (non-hydrogen) atoms. The van der Waals surface area contributed by atoms with Crippen LogP contribution in [0, 0.1) is 22.7 Å². The summed E-state index contributed by atoms with van der Waals surface area (Å²) < 4.78 is 6.27. The van der Waals surface area contributed by atoms with E-state index in [-0.39, 0.29) is 0 Å². The van der Waals surface area contributed by atoms with Gasteiger partial charge >= 0.3 is 0 Å². The summed E-state index contributed by atoms with van der Waals surface area (Å²) in [7, 11) is 0. The molecule has 0 radical (unpaired) electrons. The van der Waals surface area contributed by atoms with Crippen molar-refractivity contribution < 1.29 is 4.42 Å². The summed E-state index contributed by atoms with van der Waals surface area (Å²) in [5, 5.41) is 20.5. The van der Waals surface area contributed by atoms with E-state index in [0.717, 1.165) is 66.4 Å². The Labute approximate surface area is 237 Å². The van der Waals surface area contributed by atoms with Crippen LogP contribution in [-0.4, -0.2) is 0 Å². The topological polar surface area (TPSA) is 60.7 Å². The molecule has 7 aromatic rings. The van der Waals surface area contributed by atoms with Gasteiger partial charge in [-0.05, 0) is 75.3 Å². The highest BCUT2D eigenvalue weighted by atomic mass is 16.3. The highest BCUT2D eigenvalue weighted by Crippen LogP contribution is 2.43. The summed E-state index contributed by atoms with van der Waals surface area (Å²) in [6.45, 7) is 0. The zero-order valence-electron chi connectivity index (χ0n) is 22.0. The Morgan fingerprint density at radius 1 is 0.415 bits per heavy atom. The lowest BCUT2D eigenvalue weighted by atomic mass is 9.89. The second-order valence-electron chi connectivity index (χ2n) is 9.99. The van der Waals surface area contributed by atoms with Crippen molar-refractivity contribution in [2.45, 2.75) is 0 Å². The van der Waals surface area contributed by atoms with E-state index in [9.17, 15) is 0 Å². The number of hydrogen-bond donors (Lipinski definition) is 0. The maximum atomic E-state index is 9.15. The van der Waals surface area contributed by atoms with Gasteiger partial charge in [0.1, 0.15) is 11.2 Å². The normalized spacial score (nSPS) is 10.9. The summed E-state index contributed by atoms with van der Waals surface area (Å²) in [4.78, 5) is 0. The van der Waals surface area contributed by atoms with Gasteiger partial charge in [0.15, 0.2) is 0 Å². The molecule has 0 bridgehead atoms. The Bertz CT molecular complexity index is 2120. The summed E-state index contributed by atoms with van der Waals surface area (Å²) in [5.41, 5.74) is 11.8. The van der Waals surface area contributed by atoms with Crippen LogP contribution in [0.4, 0.5) is 0 Å². The number of nitrogens with zero attached hydrogens (tertiary/aromatic N) is 2. The third-order valence-corrected chi connectivity index (χ3v) is 7.61. The SMILES string of the molecule is N#Cc1ccc(-c2ccc(-c3ccc4oc5ccccc5c4c3-c3ccc(-c4ccc(C#N)cc4)cc3)cc2)cc1. The molecule has 0 aliphatic carbocycles. The minimum atomic E-state index is 0.652. The van der Waals surface area contributed by atoms with Crippen LogP contribution in [0.5, 0.6) is 0 Å². The fourth-order valence-electron chi connectivity index (χ4n) is 5.50. The van der Waals surface area contributed by atoms with Gasteiger partial charge in [-0.3, -0.25) is 0 Å². The van der Waals surface area contributed by atoms with Crippen molar-refractivity contribution in [2.24, 2.45) is 0 Å². The number of furan rings is 1. The molecule has 0 amide bonds. The lowest BCUT2D eigenvalue weighted by molar-refractivity contribution is 0.669. The summed E-state index contributed by atoms with van der Waals surface area (Å²) in [6, 6.07) is 49.3. The second-order valence-corrected chi connectivity index (χ2v) is 9.99. The molecule has 7 rings (SSSR count). The Hall–Kier alpha value is -5.90. The van der Waals surface area contributed by atoms with Gasteiger partial charge in [0.2, 0.25) is 0 Å². The van der Waals surface area contributed by atoms with Crippen LogP contribution in [0.2, 0.25) is 0 Å². The summed E-state index contributed by atoms with van der Waals surface area (Å²) in [5.74, 6) is 0. The molecule has 1 aromatic heterocycles. The fourth-order valence-corrected chi connectivity index (χ4v) is 5.50. The van der Waals surface area contributed by atoms with Crippen LogP contribution >= 0.6 is 0 Å². The lowest BCUT2D eigenvalue weighted by Crippen LogP contribution is -1.88. The molecular formula is C38H22N2O. The van der Waals surface area contributed by atoms with Crippen LogP contribution < -0.4 is 0 Å². The molecule has 1 heterocycles. The first kappa shape index (κ1) is 24.2. The highest BCUT2D eigenvalue weighted by Gasteiger charge is 2.18. The van der Waals surface area contributed by atoms with E-state index in [4.69, 9.17) is 14.9 Å². The van der Waals surface area contributed by atoms with Gasteiger partial charge in [-0.25, -0.2) is 0 Å². The molecule has 0 unspecified atom stereocenters. The van der Waals surface area contributed by atoms with Gasteiger partial charge in [0.05, 0.1) is 23.3 Å². The fraction of sp³-hybridized carbons (Fsp3) is 0. The van der Waals surface area contributed by atoms with Crippen molar-refractivity contribution >= 4 is 21.9 Å². The maximum Gasteiger partial charge on any atom is 0.136 e. The molecule has 0 saturated heterocycles. The maximum absolute atomic E-state index is 9.15. The van der Waals surface area contributed by atoms with Gasteiger partial charge in [-0.15, -0.1) is 0 Å². The van der Waals surface area contributed by atoms with E-state index in [0.29, 0.717) is 11.1 Å². The molecule has 0 saturated carbocycles. The van der Waals surface area contributed by atoms with Crippen molar-refractivity contribution in [2.75, 3.05) is 0 Å². The van der Waals surface area contributed by atoms with E-state index in [1.165, 1.54) is 0 Å². The van der Waals surface area contributed by atoms with Crippen molar-refractivity contribution in [1.82, 2.24) is 0 Å². The molecular weight excluding hydrogens is 500 g/mol. The molecule has 0 spiro atoms. The zero-order valence-corrected chi connectivity index (χ0v) is 22.0. The Balaban J connectivity index is 1.37. The average molecular weight is 523 g/mol. The van der Waals surface area contributed by atoms with Crippen molar-refractivity contribution in [3.63, 3.8) is 0 Å². The molecule has 190 valence electrons. The molecule has 6 aromatic carbocycles. The Kier molecular flexibility index (Phi) is 5.90. The van der Waals surface area contributed by atoms with Crippen LogP contribution in [0.1, 0.15) is 11.1 Å². The number of hydrogen-bond acceptors (Lipinski definition) is 3. The standard InChI is InChI=1S/C38H22N2O/c39-23-25-5-9-27(10-6-25)29-13-17-31(18-14-29)33-21-22-36-38(34-3-1-2-4-35(34)41-36)37(33)32-19-15-30(16-20-32)28-11-7-26(24-40)8-12-28/h1-22H. The van der Waals surface area contributed by atoms with Crippen molar-refractivity contribution in [1.29, 1.82) is 10.5 Å². The van der Waals surface area contributed by atoms with Gasteiger partial charge < -0.3 is 4.42 Å². The van der Waals surface area contributed by atoms with Crippen LogP contribution in [0.25, 0.3) is 66.4 Å². The average Bonchev–Trinajstić information content (AvgIpc) is 3.43. The minimum absolute atomic E-state index is 0.652. The Morgan fingerprint density at radius 2 is 0.878 bits per heavy atom. The molecule has 0 aliphatic heterocycles. The van der Waals surface area contributed by atoms with Crippen molar-refractivity contribution in [3.8, 4) is 56.6 Å². The predicted octanol–water partition coefficient (Wildman–Crippen LogP) is 10.00. The predicted molar refractivity (Wildman–Crippen MR) is 165 cm³/mol. The van der Waals surface area contributed by atoms with E-state index in [2.05, 4.69) is 78.9 Å². The van der Waals surface area contributed by atoms with E-state index in [1.54, 1.807) is 0 Å². The van der Waals surface area contributed by atoms with Gasteiger partial charge in [0.25, 0.3) is 0 Å². The number of fused-ring (bicyclic) bond motifs is 3. The van der Waals surface area contributed by atoms with E-state index in [1.807, 2.05) is 66.7 Å². The van der Waals surface area contributed by atoms with Gasteiger partial charge in [0, 0.05) is 16.3 Å². The molecule has 0 fully saturated rings. The number of nitriles is 2. The first-order chi connectivity index (χ1) is 20.2. The van der Waals surface area contributed by atoms with Crippen LogP contribution in [0.3, 0.4) is 0 Å². The third kappa shape index (κ3) is 4.33. The molecule has 0 atom stereocenters. The molecule has 0 aliphatic rings. The summed E-state index contributed by atoms with van der Waals surface area (Å²) in [6.07, 6.45) is 0. The van der Waals surface area contributed by atoms with Gasteiger partial charge in [-0.2, -0.15) is 10.5 Å². The molecule has 3 heteroatoms. The number of benzene rings is 6. The number of para-hydroxylation sites is 1. The smallest absolute Gasteiger partial charge is 0.136 e. The van der Waals surface area contributed by atoms with E-state index < -0.39 is 0 Å². The second kappa shape index (κ2) is 10.0. The first-order valence-electron chi connectivity index (χ1n) is 13.4. The largest absolute Gasteiger partial charge is 0.456 e. The Morgan fingerprint density at radius 3 is 1.41 bits per heavy atom. The highest BCUT2D eigenvalue weighted by molar-refractivity contribution is 6.16. The summed E-state index contributed by atoms with van der Waals surface area (Å²) >= 11 is 0. The van der Waals surface area contributed by atoms with Crippen LogP contribution in [0.15, 0.2) is 138 Å². The molecule has 0 N–H and O–H groups in total. The van der Waals surface area contributed by atoms with E-state index >= 15 is 0 Å².